The molecule has 0 aliphatic heterocycles. The maximum Gasteiger partial charge on any atom is 0.186 e. The van der Waals surface area contributed by atoms with Crippen LogP contribution in [0.15, 0.2) is 4.99 Å². The van der Waals surface area contributed by atoms with Gasteiger partial charge in [0.15, 0.2) is 5.96 Å². The van der Waals surface area contributed by atoms with Crippen molar-refractivity contribution in [1.29, 1.82) is 0 Å². The van der Waals surface area contributed by atoms with Gasteiger partial charge in [0.1, 0.15) is 0 Å². The van der Waals surface area contributed by atoms with Crippen LogP contribution in [-0.2, 0) is 0 Å². The van der Waals surface area contributed by atoms with Crippen molar-refractivity contribution in [2.24, 2.45) is 33.2 Å². The highest BCUT2D eigenvalue weighted by Gasteiger charge is 2.61. The first-order valence-corrected chi connectivity index (χ1v) is 5.46. The van der Waals surface area contributed by atoms with Gasteiger partial charge in [-0.1, -0.05) is 20.8 Å². The lowest BCUT2D eigenvalue weighted by atomic mass is 9.69. The van der Waals surface area contributed by atoms with E-state index in [4.69, 9.17) is 11.5 Å². The fourth-order valence-corrected chi connectivity index (χ4v) is 3.54. The summed E-state index contributed by atoms with van der Waals surface area (Å²) in [6.45, 7) is 7.08. The molecule has 3 nitrogen and oxygen atoms in total. The normalized spacial score (nSPS) is 43.9. The number of hydrogen-bond acceptors (Lipinski definition) is 1. The van der Waals surface area contributed by atoms with E-state index in [9.17, 15) is 0 Å². The van der Waals surface area contributed by atoms with E-state index in [0.29, 0.717) is 16.9 Å². The van der Waals surface area contributed by atoms with Crippen molar-refractivity contribution in [2.45, 2.75) is 46.1 Å². The summed E-state index contributed by atoms with van der Waals surface area (Å²) in [6, 6.07) is 0.348. The lowest BCUT2D eigenvalue weighted by Gasteiger charge is -2.37. The molecule has 14 heavy (non-hydrogen) atoms. The number of guanidine groups is 1. The van der Waals surface area contributed by atoms with Gasteiger partial charge in [0, 0.05) is 0 Å². The zero-order chi connectivity index (χ0) is 10.6. The first-order valence-electron chi connectivity index (χ1n) is 5.46. The standard InChI is InChI=1S/C11H21N3/c1-10(2)7-4-5-11(10,3)8(6-7)14-9(12)13/h7-8H,4-6H2,1-3H3,(H4,12,13,14)/t7-,8+,11+/m0/s1. The molecule has 2 aliphatic carbocycles. The third-order valence-electron chi connectivity index (χ3n) is 5.05. The molecule has 2 bridgehead atoms. The Bertz CT molecular complexity index is 278. The monoisotopic (exact) mass is 195 g/mol. The highest BCUT2D eigenvalue weighted by molar-refractivity contribution is 5.76. The van der Waals surface area contributed by atoms with E-state index in [0.717, 1.165) is 5.92 Å². The van der Waals surface area contributed by atoms with E-state index in [1.54, 1.807) is 0 Å². The molecule has 0 aromatic carbocycles. The summed E-state index contributed by atoms with van der Waals surface area (Å²) in [5.74, 6) is 1.06. The molecule has 2 saturated carbocycles. The summed E-state index contributed by atoms with van der Waals surface area (Å²) in [7, 11) is 0. The predicted molar refractivity (Wildman–Crippen MR) is 58.8 cm³/mol. The lowest BCUT2D eigenvalue weighted by molar-refractivity contribution is 0.137. The Labute approximate surface area is 86.0 Å². The van der Waals surface area contributed by atoms with Crippen LogP contribution in [0.5, 0.6) is 0 Å². The van der Waals surface area contributed by atoms with Gasteiger partial charge in [0.05, 0.1) is 6.04 Å². The average Bonchev–Trinajstić information content (AvgIpc) is 2.35. The highest BCUT2D eigenvalue weighted by Crippen LogP contribution is 2.66. The summed E-state index contributed by atoms with van der Waals surface area (Å²) >= 11 is 0. The minimum Gasteiger partial charge on any atom is -0.370 e. The molecule has 4 N–H and O–H groups in total. The Morgan fingerprint density at radius 3 is 2.29 bits per heavy atom. The van der Waals surface area contributed by atoms with Crippen LogP contribution in [0.25, 0.3) is 0 Å². The number of fused-ring (bicyclic) bond motifs is 2. The van der Waals surface area contributed by atoms with E-state index in [1.807, 2.05) is 0 Å². The minimum absolute atomic E-state index is 0.250. The first-order chi connectivity index (χ1) is 6.38. The SMILES string of the molecule is CC1(C)[C@H]2CC[C@]1(C)[C@H](N=C(N)N)C2. The van der Waals surface area contributed by atoms with Gasteiger partial charge in [0.2, 0.25) is 0 Å². The fraction of sp³-hybridized carbons (Fsp3) is 0.909. The maximum absolute atomic E-state index is 5.48. The van der Waals surface area contributed by atoms with Crippen molar-refractivity contribution in [3.8, 4) is 0 Å². The fourth-order valence-electron chi connectivity index (χ4n) is 3.54. The first kappa shape index (κ1) is 9.81. The number of nitrogens with zero attached hydrogens (tertiary/aromatic N) is 1. The van der Waals surface area contributed by atoms with Gasteiger partial charge in [-0.25, -0.2) is 4.99 Å². The largest absolute Gasteiger partial charge is 0.370 e. The molecule has 3 heteroatoms. The van der Waals surface area contributed by atoms with Crippen LogP contribution in [-0.4, -0.2) is 12.0 Å². The van der Waals surface area contributed by atoms with Crippen LogP contribution in [0, 0.1) is 16.7 Å². The summed E-state index contributed by atoms with van der Waals surface area (Å²) in [6.07, 6.45) is 3.79. The van der Waals surface area contributed by atoms with Crippen molar-refractivity contribution in [1.82, 2.24) is 0 Å². The molecular formula is C11H21N3. The number of rotatable bonds is 1. The molecule has 0 saturated heterocycles. The van der Waals surface area contributed by atoms with Crippen molar-refractivity contribution in [3.05, 3.63) is 0 Å². The molecule has 2 fully saturated rings. The van der Waals surface area contributed by atoms with Gasteiger partial charge in [-0.3, -0.25) is 0 Å². The Balaban J connectivity index is 2.32. The molecule has 0 aromatic heterocycles. The predicted octanol–water partition coefficient (Wildman–Crippen LogP) is 1.47. The quantitative estimate of drug-likeness (QED) is 0.491. The average molecular weight is 195 g/mol. The molecule has 80 valence electrons. The van der Waals surface area contributed by atoms with Crippen molar-refractivity contribution < 1.29 is 0 Å². The third-order valence-corrected chi connectivity index (χ3v) is 5.05. The summed E-state index contributed by atoms with van der Waals surface area (Å²) in [4.78, 5) is 4.40. The molecular weight excluding hydrogens is 174 g/mol. The number of hydrogen-bond donors (Lipinski definition) is 2. The van der Waals surface area contributed by atoms with E-state index in [2.05, 4.69) is 25.8 Å². The van der Waals surface area contributed by atoms with Gasteiger partial charge in [-0.15, -0.1) is 0 Å². The van der Waals surface area contributed by atoms with Crippen LogP contribution in [0.2, 0.25) is 0 Å². The van der Waals surface area contributed by atoms with Crippen LogP contribution >= 0.6 is 0 Å². The summed E-state index contributed by atoms with van der Waals surface area (Å²) in [5.41, 5.74) is 11.7. The van der Waals surface area contributed by atoms with E-state index < -0.39 is 0 Å². The molecule has 0 amide bonds. The van der Waals surface area contributed by atoms with Gasteiger partial charge in [0.25, 0.3) is 0 Å². The molecule has 0 radical (unpaired) electrons. The van der Waals surface area contributed by atoms with Crippen molar-refractivity contribution in [2.75, 3.05) is 0 Å². The smallest absolute Gasteiger partial charge is 0.186 e. The van der Waals surface area contributed by atoms with Gasteiger partial charge in [-0.2, -0.15) is 0 Å². The molecule has 2 aliphatic rings. The van der Waals surface area contributed by atoms with Gasteiger partial charge in [-0.05, 0) is 36.0 Å². The molecule has 0 aromatic rings. The second-order valence-electron chi connectivity index (χ2n) is 5.68. The zero-order valence-electron chi connectivity index (χ0n) is 9.38. The van der Waals surface area contributed by atoms with Crippen LogP contribution in [0.1, 0.15) is 40.0 Å². The second-order valence-corrected chi connectivity index (χ2v) is 5.68. The van der Waals surface area contributed by atoms with Crippen LogP contribution in [0.4, 0.5) is 0 Å². The summed E-state index contributed by atoms with van der Waals surface area (Å²) < 4.78 is 0. The Morgan fingerprint density at radius 2 is 1.93 bits per heavy atom. The van der Waals surface area contributed by atoms with E-state index >= 15 is 0 Å². The van der Waals surface area contributed by atoms with Gasteiger partial charge < -0.3 is 11.5 Å². The second kappa shape index (κ2) is 2.65. The third kappa shape index (κ3) is 1.01. The van der Waals surface area contributed by atoms with Crippen molar-refractivity contribution >= 4 is 5.96 Å². The molecule has 0 unspecified atom stereocenters. The zero-order valence-corrected chi connectivity index (χ0v) is 9.38. The molecule has 2 rings (SSSR count). The molecule has 3 atom stereocenters. The number of aliphatic imine (C=N–C) groups is 1. The topological polar surface area (TPSA) is 64.4 Å². The van der Waals surface area contributed by atoms with Gasteiger partial charge >= 0.3 is 0 Å². The molecule has 0 heterocycles. The highest BCUT2D eigenvalue weighted by atomic mass is 15.0. The Morgan fingerprint density at radius 1 is 1.29 bits per heavy atom. The Hall–Kier alpha value is -0.730. The number of nitrogens with two attached hydrogens (primary N) is 2. The van der Waals surface area contributed by atoms with E-state index in [-0.39, 0.29) is 5.96 Å². The summed E-state index contributed by atoms with van der Waals surface area (Å²) in [5, 5.41) is 0. The lowest BCUT2D eigenvalue weighted by Crippen LogP contribution is -2.37. The molecule has 0 spiro atoms. The minimum atomic E-state index is 0.250. The van der Waals surface area contributed by atoms with Crippen molar-refractivity contribution in [3.63, 3.8) is 0 Å². The Kier molecular flexibility index (Phi) is 1.85. The van der Waals surface area contributed by atoms with E-state index in [1.165, 1.54) is 19.3 Å². The van der Waals surface area contributed by atoms with Crippen LogP contribution < -0.4 is 11.5 Å². The van der Waals surface area contributed by atoms with Crippen LogP contribution in [0.3, 0.4) is 0 Å². The maximum atomic E-state index is 5.48.